The summed E-state index contributed by atoms with van der Waals surface area (Å²) in [4.78, 5) is 0. The predicted molar refractivity (Wildman–Crippen MR) is 164 cm³/mol. The molecule has 19 nitrogen and oxygen atoms in total. The summed E-state index contributed by atoms with van der Waals surface area (Å²) in [5, 5.41) is 123. The third kappa shape index (κ3) is 12.1. The zero-order valence-electron chi connectivity index (χ0n) is 28.0. The van der Waals surface area contributed by atoms with Crippen LogP contribution in [0, 0.1) is 0 Å². The predicted octanol–water partition coefficient (Wildman–Crippen LogP) is -4.29. The van der Waals surface area contributed by atoms with Crippen LogP contribution in [0.4, 0.5) is 0 Å². The molecule has 13 unspecified atom stereocenters. The van der Waals surface area contributed by atoms with Crippen molar-refractivity contribution in [2.75, 3.05) is 53.9 Å². The first-order valence-electron chi connectivity index (χ1n) is 16.2. The topological polar surface area (TPSA) is 307 Å². The second kappa shape index (κ2) is 21.9. The summed E-state index contributed by atoms with van der Waals surface area (Å²) in [6.07, 6.45) is -20.8. The summed E-state index contributed by atoms with van der Waals surface area (Å²) in [6.45, 7) is -1.65. The summed E-state index contributed by atoms with van der Waals surface area (Å²) in [5.74, 6) is -1.12. The van der Waals surface area contributed by atoms with Gasteiger partial charge in [0, 0.05) is 27.4 Å². The second-order valence-corrected chi connectivity index (χ2v) is 12.1. The largest absolute Gasteiger partial charge is 0.506 e. The maximum atomic E-state index is 11.1. The van der Waals surface area contributed by atoms with Crippen LogP contribution in [-0.2, 0) is 33.2 Å². The molecule has 0 aromatic rings. The summed E-state index contributed by atoms with van der Waals surface area (Å²) >= 11 is 0. The molecule has 1 fully saturated rings. The van der Waals surface area contributed by atoms with Crippen LogP contribution in [0.3, 0.4) is 0 Å². The molecule has 1 saturated heterocycles. The SMILES string of the molecule is COCCC(O)C(OC1OC(C)C(O)C(OCC(OC(CO)CCC2OC(CO)C(O)=C(O)[C@@H]2OC)C(O)[C@H](O)CO)C1O)C(O)CCO. The first kappa shape index (κ1) is 43.8. The fourth-order valence-electron chi connectivity index (χ4n) is 5.62. The van der Waals surface area contributed by atoms with Crippen LogP contribution in [0.15, 0.2) is 11.5 Å². The highest BCUT2D eigenvalue weighted by atomic mass is 16.7. The zero-order valence-corrected chi connectivity index (χ0v) is 28.0. The zero-order chi connectivity index (χ0) is 36.8. The molecule has 19 heteroatoms. The van der Waals surface area contributed by atoms with Crippen molar-refractivity contribution >= 4 is 0 Å². The number of aliphatic hydroxyl groups is 12. The monoisotopic (exact) mass is 720 g/mol. The van der Waals surface area contributed by atoms with E-state index in [0.29, 0.717) is 0 Å². The molecule has 0 amide bonds. The maximum Gasteiger partial charge on any atom is 0.187 e. The van der Waals surface area contributed by atoms with Gasteiger partial charge >= 0.3 is 0 Å². The van der Waals surface area contributed by atoms with Crippen LogP contribution < -0.4 is 0 Å². The van der Waals surface area contributed by atoms with Gasteiger partial charge in [-0.15, -0.1) is 0 Å². The Morgan fingerprint density at radius 1 is 0.816 bits per heavy atom. The van der Waals surface area contributed by atoms with Crippen molar-refractivity contribution in [3.8, 4) is 0 Å². The Hall–Kier alpha value is -1.34. The number of hydrogen-bond donors (Lipinski definition) is 12. The molecule has 290 valence electrons. The molecule has 49 heavy (non-hydrogen) atoms. The summed E-state index contributed by atoms with van der Waals surface area (Å²) in [5.41, 5.74) is 0. The number of methoxy groups -OCH3 is 2. The van der Waals surface area contributed by atoms with E-state index < -0.39 is 136 Å². The van der Waals surface area contributed by atoms with Crippen molar-refractivity contribution in [2.45, 2.75) is 124 Å². The Morgan fingerprint density at radius 3 is 2.06 bits per heavy atom. The van der Waals surface area contributed by atoms with Crippen LogP contribution in [0.1, 0.15) is 32.6 Å². The normalized spacial score (nSPS) is 32.3. The van der Waals surface area contributed by atoms with E-state index in [2.05, 4.69) is 0 Å². The van der Waals surface area contributed by atoms with Crippen molar-refractivity contribution in [3.05, 3.63) is 11.5 Å². The smallest absolute Gasteiger partial charge is 0.187 e. The second-order valence-electron chi connectivity index (χ2n) is 12.1. The van der Waals surface area contributed by atoms with Gasteiger partial charge in [0.2, 0.25) is 0 Å². The Morgan fingerprint density at radius 2 is 1.49 bits per heavy atom. The maximum absolute atomic E-state index is 11.1. The van der Waals surface area contributed by atoms with E-state index in [0.717, 1.165) is 0 Å². The Bertz CT molecular complexity index is 943. The van der Waals surface area contributed by atoms with E-state index in [1.807, 2.05) is 0 Å². The van der Waals surface area contributed by atoms with E-state index in [1.54, 1.807) is 0 Å². The first-order valence-corrected chi connectivity index (χ1v) is 16.2. The van der Waals surface area contributed by atoms with Gasteiger partial charge in [-0.05, 0) is 32.6 Å². The fraction of sp³-hybridized carbons (Fsp3) is 0.933. The molecule has 0 aliphatic carbocycles. The van der Waals surface area contributed by atoms with Crippen LogP contribution >= 0.6 is 0 Å². The van der Waals surface area contributed by atoms with Gasteiger partial charge in [-0.1, -0.05) is 0 Å². The molecule has 15 atom stereocenters. The van der Waals surface area contributed by atoms with Crippen LogP contribution in [0.2, 0.25) is 0 Å². The lowest BCUT2D eigenvalue weighted by atomic mass is 9.98. The van der Waals surface area contributed by atoms with Crippen molar-refractivity contribution in [1.82, 2.24) is 0 Å². The minimum Gasteiger partial charge on any atom is -0.506 e. The van der Waals surface area contributed by atoms with Crippen molar-refractivity contribution < 1.29 is 94.4 Å². The minimum atomic E-state index is -1.80. The summed E-state index contributed by atoms with van der Waals surface area (Å²) < 4.78 is 38.8. The lowest BCUT2D eigenvalue weighted by Crippen LogP contribution is -2.61. The third-order valence-electron chi connectivity index (χ3n) is 8.57. The third-order valence-corrected chi connectivity index (χ3v) is 8.57. The van der Waals surface area contributed by atoms with Gasteiger partial charge < -0.3 is 94.4 Å². The Labute approximate surface area is 284 Å². The number of ether oxygens (including phenoxy) is 7. The molecular formula is C30H56O19. The molecule has 0 aromatic carbocycles. The summed E-state index contributed by atoms with van der Waals surface area (Å²) in [7, 11) is 2.67. The molecule has 0 bridgehead atoms. The van der Waals surface area contributed by atoms with Gasteiger partial charge in [0.1, 0.15) is 54.9 Å². The van der Waals surface area contributed by atoms with E-state index in [9.17, 15) is 61.3 Å². The fourth-order valence-corrected chi connectivity index (χ4v) is 5.62. The quantitative estimate of drug-likeness (QED) is 0.0475. The van der Waals surface area contributed by atoms with Gasteiger partial charge in [-0.3, -0.25) is 0 Å². The molecule has 2 aliphatic heterocycles. The summed E-state index contributed by atoms with van der Waals surface area (Å²) in [6, 6.07) is 0. The highest BCUT2D eigenvalue weighted by Crippen LogP contribution is 2.30. The molecular weight excluding hydrogens is 664 g/mol. The van der Waals surface area contributed by atoms with Gasteiger partial charge in [0.25, 0.3) is 0 Å². The minimum absolute atomic E-state index is 0.00984. The van der Waals surface area contributed by atoms with Crippen molar-refractivity contribution in [1.29, 1.82) is 0 Å². The molecule has 2 rings (SSSR count). The molecule has 2 heterocycles. The van der Waals surface area contributed by atoms with Gasteiger partial charge in [-0.2, -0.15) is 0 Å². The van der Waals surface area contributed by atoms with Gasteiger partial charge in [-0.25, -0.2) is 0 Å². The van der Waals surface area contributed by atoms with Crippen LogP contribution in [-0.4, -0.2) is 207 Å². The number of rotatable bonds is 23. The van der Waals surface area contributed by atoms with E-state index >= 15 is 0 Å². The molecule has 0 aromatic heterocycles. The lowest BCUT2D eigenvalue weighted by molar-refractivity contribution is -0.326. The highest BCUT2D eigenvalue weighted by molar-refractivity contribution is 5.15. The van der Waals surface area contributed by atoms with Crippen molar-refractivity contribution in [3.63, 3.8) is 0 Å². The Balaban J connectivity index is 2.20. The molecule has 0 spiro atoms. The first-order chi connectivity index (χ1) is 23.3. The highest BCUT2D eigenvalue weighted by Gasteiger charge is 2.47. The van der Waals surface area contributed by atoms with Crippen LogP contribution in [0.5, 0.6) is 0 Å². The molecule has 0 saturated carbocycles. The Kier molecular flexibility index (Phi) is 19.6. The van der Waals surface area contributed by atoms with E-state index in [4.69, 9.17) is 33.2 Å². The molecule has 2 aliphatic rings. The molecule has 0 radical (unpaired) electrons. The lowest BCUT2D eigenvalue weighted by Gasteiger charge is -2.43. The van der Waals surface area contributed by atoms with E-state index in [-0.39, 0.29) is 32.3 Å². The number of hydrogen-bond acceptors (Lipinski definition) is 19. The van der Waals surface area contributed by atoms with Gasteiger partial charge in [0.05, 0.1) is 56.9 Å². The average Bonchev–Trinajstić information content (AvgIpc) is 3.09. The van der Waals surface area contributed by atoms with Crippen molar-refractivity contribution in [2.24, 2.45) is 0 Å². The number of aliphatic hydroxyl groups excluding tert-OH is 12. The average molecular weight is 721 g/mol. The standard InChI is InChI=1S/C30H56O19/c1-14-22(38)29(26(42)30(46-14)49-27(16(35)6-8-31)17(36)7-9-43-2)45-13-21(23(39)18(37)11-33)47-15(10-32)4-5-19-28(44-3)25(41)24(40)20(12-34)48-19/h14-23,26-42H,4-13H2,1-3H3/t14?,15?,16?,17?,18-,19?,20?,21?,22?,23?,26?,27?,28-,29?,30?/m1/s1. The van der Waals surface area contributed by atoms with Gasteiger partial charge in [0.15, 0.2) is 17.8 Å². The van der Waals surface area contributed by atoms with E-state index in [1.165, 1.54) is 21.1 Å². The molecule has 12 N–H and O–H groups in total. The van der Waals surface area contributed by atoms with Crippen LogP contribution in [0.25, 0.3) is 0 Å².